The van der Waals surface area contributed by atoms with E-state index in [1.807, 2.05) is 18.2 Å². The number of nitrogens with two attached hydrogens (primary N) is 1. The van der Waals surface area contributed by atoms with Gasteiger partial charge in [-0.15, -0.1) is 0 Å². The number of methoxy groups -OCH3 is 1. The second kappa shape index (κ2) is 6.94. The molecule has 0 aliphatic heterocycles. The third-order valence-electron chi connectivity index (χ3n) is 4.65. The largest absolute Gasteiger partial charge is 0.496 e. The Morgan fingerprint density at radius 1 is 1.38 bits per heavy atom. The zero-order valence-corrected chi connectivity index (χ0v) is 12.8. The van der Waals surface area contributed by atoms with Crippen LogP contribution in [0.2, 0.25) is 0 Å². The van der Waals surface area contributed by atoms with Gasteiger partial charge in [0.1, 0.15) is 5.75 Å². The summed E-state index contributed by atoms with van der Waals surface area (Å²) in [7, 11) is 1.67. The van der Waals surface area contributed by atoms with Gasteiger partial charge in [-0.3, -0.25) is 4.79 Å². The first-order chi connectivity index (χ1) is 10.1. The molecule has 4 nitrogen and oxygen atoms in total. The van der Waals surface area contributed by atoms with Crippen LogP contribution in [0.4, 0.5) is 0 Å². The molecule has 0 saturated heterocycles. The van der Waals surface area contributed by atoms with Crippen LogP contribution in [0.5, 0.6) is 5.75 Å². The van der Waals surface area contributed by atoms with Crippen LogP contribution in [-0.4, -0.2) is 24.7 Å². The van der Waals surface area contributed by atoms with E-state index in [2.05, 4.69) is 6.92 Å². The average Bonchev–Trinajstić information content (AvgIpc) is 2.48. The van der Waals surface area contributed by atoms with E-state index in [-0.39, 0.29) is 6.54 Å². The topological polar surface area (TPSA) is 72.5 Å². The molecule has 116 valence electrons. The number of rotatable bonds is 5. The molecule has 2 rings (SSSR count). The molecule has 1 aromatic rings. The summed E-state index contributed by atoms with van der Waals surface area (Å²) in [5.74, 6) is 0.595. The highest BCUT2D eigenvalue weighted by Crippen LogP contribution is 2.40. The molecule has 21 heavy (non-hydrogen) atoms. The molecule has 1 unspecified atom stereocenters. The molecule has 1 aromatic carbocycles. The maximum absolute atomic E-state index is 11.3. The number of hydrogen-bond donors (Lipinski definition) is 2. The van der Waals surface area contributed by atoms with Crippen molar-refractivity contribution in [2.24, 2.45) is 11.7 Å². The third kappa shape index (κ3) is 3.56. The fourth-order valence-corrected chi connectivity index (χ4v) is 3.24. The minimum atomic E-state index is -0.870. The molecule has 0 bridgehead atoms. The van der Waals surface area contributed by atoms with E-state index in [1.165, 1.54) is 12.8 Å². The molecular weight excluding hydrogens is 266 g/mol. The number of carboxylic acid groups (broad SMARTS) is 1. The van der Waals surface area contributed by atoms with Crippen LogP contribution in [0, 0.1) is 5.92 Å². The van der Waals surface area contributed by atoms with E-state index in [0.717, 1.165) is 35.6 Å². The Morgan fingerprint density at radius 3 is 2.57 bits per heavy atom. The van der Waals surface area contributed by atoms with E-state index >= 15 is 0 Å². The molecule has 1 fully saturated rings. The highest BCUT2D eigenvalue weighted by atomic mass is 16.5. The summed E-state index contributed by atoms with van der Waals surface area (Å²) < 4.78 is 5.48. The Balaban J connectivity index is 2.31. The van der Waals surface area contributed by atoms with Crippen LogP contribution in [0.3, 0.4) is 0 Å². The van der Waals surface area contributed by atoms with Crippen molar-refractivity contribution >= 4 is 5.97 Å². The fraction of sp³-hybridized carbons (Fsp3) is 0.588. The zero-order valence-electron chi connectivity index (χ0n) is 12.8. The van der Waals surface area contributed by atoms with Crippen molar-refractivity contribution in [2.75, 3.05) is 13.7 Å². The lowest BCUT2D eigenvalue weighted by atomic mass is 9.78. The summed E-state index contributed by atoms with van der Waals surface area (Å²) in [5.41, 5.74) is 7.53. The fourth-order valence-electron chi connectivity index (χ4n) is 3.24. The molecule has 1 saturated carbocycles. The first-order valence-electron chi connectivity index (χ1n) is 7.67. The zero-order chi connectivity index (χ0) is 15.4. The van der Waals surface area contributed by atoms with E-state index in [1.54, 1.807) is 7.11 Å². The normalized spacial score (nSPS) is 23.6. The Bertz CT molecular complexity index is 493. The van der Waals surface area contributed by atoms with Gasteiger partial charge in [-0.1, -0.05) is 31.9 Å². The van der Waals surface area contributed by atoms with Crippen molar-refractivity contribution in [3.8, 4) is 5.75 Å². The van der Waals surface area contributed by atoms with Crippen LogP contribution in [0.25, 0.3) is 0 Å². The molecule has 0 radical (unpaired) electrons. The molecular formula is C17H25NO3. The van der Waals surface area contributed by atoms with Crippen molar-refractivity contribution in [1.29, 1.82) is 0 Å². The van der Waals surface area contributed by atoms with E-state index < -0.39 is 11.9 Å². The van der Waals surface area contributed by atoms with Crippen LogP contribution < -0.4 is 10.5 Å². The van der Waals surface area contributed by atoms with Crippen LogP contribution in [0.15, 0.2) is 18.2 Å². The first kappa shape index (κ1) is 15.8. The Morgan fingerprint density at radius 2 is 2.05 bits per heavy atom. The number of benzene rings is 1. The van der Waals surface area contributed by atoms with Crippen LogP contribution in [-0.2, 0) is 4.79 Å². The molecule has 1 atom stereocenters. The van der Waals surface area contributed by atoms with Gasteiger partial charge in [0.15, 0.2) is 0 Å². The van der Waals surface area contributed by atoms with Gasteiger partial charge < -0.3 is 15.6 Å². The molecule has 0 heterocycles. The minimum absolute atomic E-state index is 0.114. The highest BCUT2D eigenvalue weighted by molar-refractivity contribution is 5.76. The van der Waals surface area contributed by atoms with Gasteiger partial charge >= 0.3 is 5.97 Å². The quantitative estimate of drug-likeness (QED) is 0.874. The lowest BCUT2D eigenvalue weighted by Gasteiger charge is -2.28. The molecule has 0 aromatic heterocycles. The second-order valence-electron chi connectivity index (χ2n) is 6.08. The molecule has 1 aliphatic carbocycles. The summed E-state index contributed by atoms with van der Waals surface area (Å²) in [4.78, 5) is 11.3. The van der Waals surface area contributed by atoms with Gasteiger partial charge in [0, 0.05) is 6.54 Å². The summed E-state index contributed by atoms with van der Waals surface area (Å²) in [6.07, 6.45) is 4.72. The van der Waals surface area contributed by atoms with Crippen molar-refractivity contribution in [3.63, 3.8) is 0 Å². The minimum Gasteiger partial charge on any atom is -0.496 e. The lowest BCUT2D eigenvalue weighted by molar-refractivity contribution is -0.138. The molecule has 4 heteroatoms. The average molecular weight is 291 g/mol. The van der Waals surface area contributed by atoms with Gasteiger partial charge in [0.25, 0.3) is 0 Å². The van der Waals surface area contributed by atoms with Crippen LogP contribution >= 0.6 is 0 Å². The highest BCUT2D eigenvalue weighted by Gasteiger charge is 2.25. The predicted molar refractivity (Wildman–Crippen MR) is 82.8 cm³/mol. The van der Waals surface area contributed by atoms with Crippen molar-refractivity contribution in [1.82, 2.24) is 0 Å². The van der Waals surface area contributed by atoms with E-state index in [9.17, 15) is 9.90 Å². The number of carboxylic acids is 1. The Hall–Kier alpha value is -1.55. The molecule has 0 spiro atoms. The molecule has 3 N–H and O–H groups in total. The number of hydrogen-bond acceptors (Lipinski definition) is 3. The maximum Gasteiger partial charge on any atom is 0.312 e. The number of aliphatic carboxylic acids is 1. The lowest BCUT2D eigenvalue weighted by Crippen LogP contribution is -2.21. The smallest absolute Gasteiger partial charge is 0.312 e. The Labute approximate surface area is 126 Å². The predicted octanol–water partition coefficient (Wildman–Crippen LogP) is 3.12. The van der Waals surface area contributed by atoms with Gasteiger partial charge in [-0.2, -0.15) is 0 Å². The summed E-state index contributed by atoms with van der Waals surface area (Å²) in [5, 5.41) is 9.28. The van der Waals surface area contributed by atoms with Crippen LogP contribution in [0.1, 0.15) is 55.6 Å². The number of carbonyl (C=O) groups is 1. The van der Waals surface area contributed by atoms with E-state index in [0.29, 0.717) is 5.92 Å². The van der Waals surface area contributed by atoms with Gasteiger partial charge in [-0.25, -0.2) is 0 Å². The Kier molecular flexibility index (Phi) is 5.23. The second-order valence-corrected chi connectivity index (χ2v) is 6.08. The molecule has 0 amide bonds. The first-order valence-corrected chi connectivity index (χ1v) is 7.67. The van der Waals surface area contributed by atoms with Crippen molar-refractivity contribution < 1.29 is 14.6 Å². The molecule has 1 aliphatic rings. The maximum atomic E-state index is 11.3. The SMILES string of the molecule is COc1ccc(C(CN)C(=O)O)cc1C1CCC(C)CC1. The van der Waals surface area contributed by atoms with Gasteiger partial charge in [0.2, 0.25) is 0 Å². The summed E-state index contributed by atoms with van der Waals surface area (Å²) in [6, 6.07) is 5.69. The number of ether oxygens (including phenoxy) is 1. The third-order valence-corrected chi connectivity index (χ3v) is 4.65. The summed E-state index contributed by atoms with van der Waals surface area (Å²) >= 11 is 0. The standard InChI is InChI=1S/C17H25NO3/c1-11-3-5-12(6-4-11)14-9-13(7-8-16(14)21-2)15(10-18)17(19)20/h7-9,11-12,15H,3-6,10,18H2,1-2H3,(H,19,20). The van der Waals surface area contributed by atoms with Gasteiger partial charge in [0.05, 0.1) is 13.0 Å². The summed E-state index contributed by atoms with van der Waals surface area (Å²) in [6.45, 7) is 2.40. The monoisotopic (exact) mass is 291 g/mol. The van der Waals surface area contributed by atoms with E-state index in [4.69, 9.17) is 10.5 Å². The van der Waals surface area contributed by atoms with Crippen molar-refractivity contribution in [2.45, 2.75) is 44.4 Å². The van der Waals surface area contributed by atoms with Crippen molar-refractivity contribution in [3.05, 3.63) is 29.3 Å². The van der Waals surface area contributed by atoms with Gasteiger partial charge in [-0.05, 0) is 41.9 Å².